The quantitative estimate of drug-likeness (QED) is 0.419. The van der Waals surface area contributed by atoms with Crippen molar-refractivity contribution in [2.24, 2.45) is 17.8 Å². The first kappa shape index (κ1) is 28.1. The van der Waals surface area contributed by atoms with Gasteiger partial charge in [0, 0.05) is 12.2 Å². The molecule has 3 heterocycles. The van der Waals surface area contributed by atoms with Gasteiger partial charge < -0.3 is 30.1 Å². The fourth-order valence-corrected chi connectivity index (χ4v) is 7.02. The number of nitrogens with one attached hydrogen (secondary N) is 2. The molecule has 1 spiro atoms. The van der Waals surface area contributed by atoms with E-state index in [-0.39, 0.29) is 24.3 Å². The van der Waals surface area contributed by atoms with Gasteiger partial charge in [-0.1, -0.05) is 50.6 Å². The van der Waals surface area contributed by atoms with E-state index in [1.807, 2.05) is 51.1 Å². The summed E-state index contributed by atoms with van der Waals surface area (Å²) in [6.45, 7) is 5.86. The van der Waals surface area contributed by atoms with E-state index in [2.05, 4.69) is 10.6 Å². The second kappa shape index (κ2) is 10.9. The van der Waals surface area contributed by atoms with E-state index in [9.17, 15) is 19.5 Å². The molecule has 214 valence electrons. The Morgan fingerprint density at radius 3 is 2.45 bits per heavy atom. The molecule has 40 heavy (non-hydrogen) atoms. The summed E-state index contributed by atoms with van der Waals surface area (Å²) < 4.78 is 11.9. The molecule has 7 atom stereocenters. The maximum absolute atomic E-state index is 14.3. The first-order valence-corrected chi connectivity index (χ1v) is 14.1. The zero-order valence-electron chi connectivity index (χ0n) is 23.6. The number of likely N-dealkylation sites (tertiary alicyclic amines) is 1. The van der Waals surface area contributed by atoms with Gasteiger partial charge in [-0.3, -0.25) is 14.4 Å². The molecule has 0 aromatic heterocycles. The van der Waals surface area contributed by atoms with Gasteiger partial charge in [-0.15, -0.1) is 0 Å². The number of fused-ring (bicyclic) bond motifs is 1. The van der Waals surface area contributed by atoms with Crippen molar-refractivity contribution in [2.75, 3.05) is 19.0 Å². The molecule has 0 radical (unpaired) electrons. The largest absolute Gasteiger partial charge is 0.497 e. The second-order valence-corrected chi connectivity index (χ2v) is 11.5. The Morgan fingerprint density at radius 1 is 1.12 bits per heavy atom. The summed E-state index contributed by atoms with van der Waals surface area (Å²) in [6, 6.07) is 15.0. The van der Waals surface area contributed by atoms with Crippen LogP contribution in [0.2, 0.25) is 0 Å². The zero-order chi connectivity index (χ0) is 28.7. The zero-order valence-corrected chi connectivity index (χ0v) is 23.6. The third kappa shape index (κ3) is 4.55. The van der Waals surface area contributed by atoms with Crippen LogP contribution in [-0.4, -0.2) is 64.7 Å². The molecule has 2 unspecified atom stereocenters. The molecular weight excluding hydrogens is 510 g/mol. The fourth-order valence-electron chi connectivity index (χ4n) is 7.02. The second-order valence-electron chi connectivity index (χ2n) is 11.5. The maximum Gasteiger partial charge on any atom is 0.250 e. The van der Waals surface area contributed by atoms with Crippen molar-refractivity contribution < 1.29 is 29.0 Å². The van der Waals surface area contributed by atoms with Crippen LogP contribution in [0.1, 0.15) is 45.6 Å². The van der Waals surface area contributed by atoms with Crippen LogP contribution < -0.4 is 15.4 Å². The number of carbonyl (C=O) groups is 3. The summed E-state index contributed by atoms with van der Waals surface area (Å²) >= 11 is 0. The molecule has 3 amide bonds. The Balaban J connectivity index is 1.50. The van der Waals surface area contributed by atoms with E-state index in [0.717, 1.165) is 5.56 Å². The summed E-state index contributed by atoms with van der Waals surface area (Å²) in [5, 5.41) is 16.4. The van der Waals surface area contributed by atoms with E-state index < -0.39 is 41.0 Å². The Labute approximate surface area is 235 Å². The van der Waals surface area contributed by atoms with Crippen molar-refractivity contribution in [3.63, 3.8) is 0 Å². The number of nitrogens with zero attached hydrogens (tertiary/aromatic N) is 1. The summed E-state index contributed by atoms with van der Waals surface area (Å²) in [5.41, 5.74) is -0.541. The Morgan fingerprint density at radius 2 is 1.82 bits per heavy atom. The van der Waals surface area contributed by atoms with Gasteiger partial charge in [0.05, 0.1) is 37.2 Å². The van der Waals surface area contributed by atoms with Crippen molar-refractivity contribution in [1.82, 2.24) is 10.2 Å². The highest BCUT2D eigenvalue weighted by Crippen LogP contribution is 2.63. The van der Waals surface area contributed by atoms with Crippen LogP contribution in [0.5, 0.6) is 5.75 Å². The molecule has 2 aromatic rings. The lowest BCUT2D eigenvalue weighted by molar-refractivity contribution is -0.149. The summed E-state index contributed by atoms with van der Waals surface area (Å²) in [7, 11) is 1.57. The highest BCUT2D eigenvalue weighted by Gasteiger charge is 2.78. The normalized spacial score (nSPS) is 30.1. The number of amides is 3. The standard InChI is InChI=1S/C31H39N3O6/c1-5-19(2)23(18-35)34-26(28(37)33-21-11-13-22(39-4)14-12-21)31-16-15-30(3,40-31)24(25(31)29(34)38)27(36)32-17-20-9-7-6-8-10-20/h6-14,19,23-26,35H,5,15-18H2,1-4H3,(H,32,36)(H,33,37)/t19-,23-,24+,25-,26?,30-,31?/m0/s1. The average molecular weight is 550 g/mol. The molecule has 2 bridgehead atoms. The van der Waals surface area contributed by atoms with Gasteiger partial charge in [0.2, 0.25) is 17.7 Å². The molecule has 3 N–H and O–H groups in total. The topological polar surface area (TPSA) is 117 Å². The Bertz CT molecular complexity index is 1250. The number of aliphatic hydroxyl groups excluding tert-OH is 1. The third-order valence-corrected chi connectivity index (χ3v) is 9.26. The number of hydrogen-bond acceptors (Lipinski definition) is 6. The molecule has 2 aromatic carbocycles. The van der Waals surface area contributed by atoms with Gasteiger partial charge in [-0.2, -0.15) is 0 Å². The molecule has 3 fully saturated rings. The predicted molar refractivity (Wildman–Crippen MR) is 149 cm³/mol. The van der Waals surface area contributed by atoms with Crippen molar-refractivity contribution in [2.45, 2.75) is 69.9 Å². The van der Waals surface area contributed by atoms with E-state index >= 15 is 0 Å². The lowest BCUT2D eigenvalue weighted by Crippen LogP contribution is -2.57. The van der Waals surface area contributed by atoms with Crippen LogP contribution in [0.3, 0.4) is 0 Å². The van der Waals surface area contributed by atoms with Crippen molar-refractivity contribution in [3.05, 3.63) is 60.2 Å². The molecule has 0 saturated carbocycles. The summed E-state index contributed by atoms with van der Waals surface area (Å²) in [5.74, 6) is -1.96. The van der Waals surface area contributed by atoms with Gasteiger partial charge in [-0.05, 0) is 55.5 Å². The maximum atomic E-state index is 14.3. The van der Waals surface area contributed by atoms with Crippen molar-refractivity contribution in [3.8, 4) is 5.75 Å². The highest BCUT2D eigenvalue weighted by molar-refractivity contribution is 6.04. The Kier molecular flexibility index (Phi) is 7.63. The minimum Gasteiger partial charge on any atom is -0.497 e. The fraction of sp³-hybridized carbons (Fsp3) is 0.516. The molecule has 9 heteroatoms. The molecule has 0 aliphatic carbocycles. The number of rotatable bonds is 10. The van der Waals surface area contributed by atoms with Crippen LogP contribution in [0.15, 0.2) is 54.6 Å². The monoisotopic (exact) mass is 549 g/mol. The SMILES string of the molecule is CC[C@H](C)[C@H](CO)N1C(=O)[C@@H]2[C@H](C(=O)NCc3ccccc3)[C@]3(C)CCC2(O3)C1C(=O)Nc1ccc(OC)cc1. The van der Waals surface area contributed by atoms with Gasteiger partial charge in [0.25, 0.3) is 0 Å². The van der Waals surface area contributed by atoms with Gasteiger partial charge in [0.1, 0.15) is 17.4 Å². The number of benzene rings is 2. The first-order valence-electron chi connectivity index (χ1n) is 14.1. The average Bonchev–Trinajstić information content (AvgIpc) is 3.53. The molecule has 5 rings (SSSR count). The third-order valence-electron chi connectivity index (χ3n) is 9.26. The number of carbonyl (C=O) groups excluding carboxylic acids is 3. The minimum atomic E-state index is -1.17. The molecule has 3 saturated heterocycles. The number of aliphatic hydroxyl groups is 1. The minimum absolute atomic E-state index is 0.0707. The summed E-state index contributed by atoms with van der Waals surface area (Å²) in [6.07, 6.45) is 1.73. The lowest BCUT2D eigenvalue weighted by atomic mass is 9.66. The number of methoxy groups -OCH3 is 1. The van der Waals surface area contributed by atoms with E-state index in [4.69, 9.17) is 9.47 Å². The van der Waals surface area contributed by atoms with Crippen molar-refractivity contribution >= 4 is 23.4 Å². The number of ether oxygens (including phenoxy) is 2. The molecule has 3 aliphatic heterocycles. The van der Waals surface area contributed by atoms with E-state index in [1.54, 1.807) is 31.4 Å². The van der Waals surface area contributed by atoms with Crippen LogP contribution >= 0.6 is 0 Å². The van der Waals surface area contributed by atoms with Crippen LogP contribution in [0, 0.1) is 17.8 Å². The molecule has 9 nitrogen and oxygen atoms in total. The molecular formula is C31H39N3O6. The van der Waals surface area contributed by atoms with Gasteiger partial charge in [-0.25, -0.2) is 0 Å². The first-order chi connectivity index (χ1) is 19.2. The van der Waals surface area contributed by atoms with Crippen LogP contribution in [0.4, 0.5) is 5.69 Å². The highest BCUT2D eigenvalue weighted by atomic mass is 16.5. The number of hydrogen-bond donors (Lipinski definition) is 3. The van der Waals surface area contributed by atoms with Gasteiger partial charge >= 0.3 is 0 Å². The van der Waals surface area contributed by atoms with E-state index in [0.29, 0.717) is 37.2 Å². The predicted octanol–water partition coefficient (Wildman–Crippen LogP) is 3.12. The smallest absolute Gasteiger partial charge is 0.250 e. The summed E-state index contributed by atoms with van der Waals surface area (Å²) in [4.78, 5) is 43.7. The van der Waals surface area contributed by atoms with Crippen molar-refractivity contribution in [1.29, 1.82) is 0 Å². The lowest BCUT2D eigenvalue weighted by Gasteiger charge is -2.39. The van der Waals surface area contributed by atoms with Gasteiger partial charge in [0.15, 0.2) is 0 Å². The van der Waals surface area contributed by atoms with Crippen LogP contribution in [0.25, 0.3) is 0 Å². The number of anilines is 1. The Hall–Kier alpha value is -3.43. The molecule has 3 aliphatic rings. The van der Waals surface area contributed by atoms with Crippen LogP contribution in [-0.2, 0) is 25.7 Å². The van der Waals surface area contributed by atoms with E-state index in [1.165, 1.54) is 4.90 Å².